The van der Waals surface area contributed by atoms with Crippen LogP contribution in [-0.2, 0) is 0 Å². The molecule has 0 aliphatic rings. The average molecular weight is 329 g/mol. The Morgan fingerprint density at radius 1 is 0.913 bits per heavy atom. The van der Waals surface area contributed by atoms with E-state index in [0.29, 0.717) is 16.7 Å². The van der Waals surface area contributed by atoms with Crippen LogP contribution in [0.15, 0.2) is 54.9 Å². The molecule has 2 aromatic carbocycles. The highest BCUT2D eigenvalue weighted by Gasteiger charge is 2.03. The molecule has 6 heteroatoms. The molecular weight excluding hydrogens is 315 g/mol. The lowest BCUT2D eigenvalue weighted by Gasteiger charge is -2.10. The van der Waals surface area contributed by atoms with Gasteiger partial charge in [-0.05, 0) is 55.0 Å². The van der Waals surface area contributed by atoms with E-state index >= 15 is 0 Å². The molecule has 0 aliphatic heterocycles. The van der Waals surface area contributed by atoms with E-state index in [-0.39, 0.29) is 5.82 Å². The van der Waals surface area contributed by atoms with Crippen molar-refractivity contribution in [1.29, 1.82) is 0 Å². The molecule has 3 aromatic rings. The number of nitrogens with zero attached hydrogens (tertiary/aromatic N) is 2. The highest BCUT2D eigenvalue weighted by molar-refractivity contribution is 6.30. The van der Waals surface area contributed by atoms with Gasteiger partial charge >= 0.3 is 0 Å². The van der Waals surface area contributed by atoms with Crippen LogP contribution in [0.5, 0.6) is 0 Å². The van der Waals surface area contributed by atoms with Gasteiger partial charge in [-0.3, -0.25) is 0 Å². The maximum absolute atomic E-state index is 12.9. The van der Waals surface area contributed by atoms with Gasteiger partial charge in [-0.15, -0.1) is 0 Å². The third-order valence-corrected chi connectivity index (χ3v) is 3.47. The van der Waals surface area contributed by atoms with Crippen LogP contribution in [0.25, 0.3) is 0 Å². The zero-order chi connectivity index (χ0) is 16.2. The van der Waals surface area contributed by atoms with Crippen molar-refractivity contribution in [2.45, 2.75) is 6.92 Å². The van der Waals surface area contributed by atoms with Gasteiger partial charge in [-0.2, -0.15) is 0 Å². The lowest BCUT2D eigenvalue weighted by Crippen LogP contribution is -1.99. The van der Waals surface area contributed by atoms with Gasteiger partial charge in [0.25, 0.3) is 0 Å². The monoisotopic (exact) mass is 328 g/mol. The van der Waals surface area contributed by atoms with Crippen molar-refractivity contribution in [2.75, 3.05) is 10.6 Å². The summed E-state index contributed by atoms with van der Waals surface area (Å²) < 4.78 is 12.9. The Hall–Kier alpha value is -2.66. The SMILES string of the molecule is Cc1cc(Cl)ccc1Nc1cc(Nc2ccc(F)cc2)ncn1. The number of benzene rings is 2. The fourth-order valence-electron chi connectivity index (χ4n) is 2.08. The summed E-state index contributed by atoms with van der Waals surface area (Å²) in [6.07, 6.45) is 1.46. The second-order valence-electron chi connectivity index (χ2n) is 5.00. The van der Waals surface area contributed by atoms with Crippen molar-refractivity contribution in [1.82, 2.24) is 9.97 Å². The number of nitrogens with one attached hydrogen (secondary N) is 2. The minimum absolute atomic E-state index is 0.279. The molecule has 116 valence electrons. The fourth-order valence-corrected chi connectivity index (χ4v) is 2.31. The van der Waals surface area contributed by atoms with Crippen molar-refractivity contribution >= 4 is 34.6 Å². The summed E-state index contributed by atoms with van der Waals surface area (Å²) in [6, 6.07) is 13.4. The molecule has 0 saturated carbocycles. The molecule has 2 N–H and O–H groups in total. The molecule has 0 saturated heterocycles. The van der Waals surface area contributed by atoms with Crippen LogP contribution in [0.2, 0.25) is 5.02 Å². The molecule has 0 aliphatic carbocycles. The van der Waals surface area contributed by atoms with Crippen molar-refractivity contribution in [3.05, 3.63) is 71.3 Å². The van der Waals surface area contributed by atoms with E-state index < -0.39 is 0 Å². The number of rotatable bonds is 4. The molecule has 0 amide bonds. The molecule has 0 atom stereocenters. The van der Waals surface area contributed by atoms with Crippen LogP contribution < -0.4 is 10.6 Å². The standard InChI is InChI=1S/C17H14ClFN4/c1-11-8-12(18)2-7-15(11)23-17-9-16(20-10-21-17)22-14-5-3-13(19)4-6-14/h2-10H,1H3,(H2,20,21,22,23). The third kappa shape index (κ3) is 3.96. The van der Waals surface area contributed by atoms with Crippen molar-refractivity contribution in [3.8, 4) is 0 Å². The molecular formula is C17H14ClFN4. The van der Waals surface area contributed by atoms with E-state index in [1.807, 2.05) is 25.1 Å². The Morgan fingerprint density at radius 2 is 1.61 bits per heavy atom. The molecule has 23 heavy (non-hydrogen) atoms. The fraction of sp³-hybridized carbons (Fsp3) is 0.0588. The largest absolute Gasteiger partial charge is 0.340 e. The van der Waals surface area contributed by atoms with Crippen LogP contribution in [0.3, 0.4) is 0 Å². The summed E-state index contributed by atoms with van der Waals surface area (Å²) in [6.45, 7) is 1.97. The van der Waals surface area contributed by atoms with Crippen LogP contribution in [0.4, 0.5) is 27.4 Å². The normalized spacial score (nSPS) is 10.4. The molecule has 0 fully saturated rings. The first kappa shape index (κ1) is 15.2. The van der Waals surface area contributed by atoms with E-state index in [2.05, 4.69) is 20.6 Å². The number of hydrogen-bond donors (Lipinski definition) is 2. The maximum Gasteiger partial charge on any atom is 0.135 e. The van der Waals surface area contributed by atoms with Gasteiger partial charge < -0.3 is 10.6 Å². The van der Waals surface area contributed by atoms with E-state index in [4.69, 9.17) is 11.6 Å². The molecule has 1 aromatic heterocycles. The van der Waals surface area contributed by atoms with Gasteiger partial charge in [-0.1, -0.05) is 11.6 Å². The highest BCUT2D eigenvalue weighted by atomic mass is 35.5. The Morgan fingerprint density at radius 3 is 2.30 bits per heavy atom. The molecule has 4 nitrogen and oxygen atoms in total. The zero-order valence-corrected chi connectivity index (χ0v) is 13.1. The van der Waals surface area contributed by atoms with Crippen molar-refractivity contribution in [2.24, 2.45) is 0 Å². The van der Waals surface area contributed by atoms with Gasteiger partial charge in [-0.25, -0.2) is 14.4 Å². The van der Waals surface area contributed by atoms with Crippen LogP contribution in [0.1, 0.15) is 5.56 Å². The second-order valence-corrected chi connectivity index (χ2v) is 5.44. The van der Waals surface area contributed by atoms with E-state index in [9.17, 15) is 4.39 Å². The topological polar surface area (TPSA) is 49.8 Å². The molecule has 3 rings (SSSR count). The predicted octanol–water partition coefficient (Wildman–Crippen LogP) is 5.06. The van der Waals surface area contributed by atoms with Crippen molar-refractivity contribution in [3.63, 3.8) is 0 Å². The Bertz CT molecular complexity index is 821. The van der Waals surface area contributed by atoms with Gasteiger partial charge in [0.05, 0.1) is 0 Å². The maximum atomic E-state index is 12.9. The van der Waals surface area contributed by atoms with Gasteiger partial charge in [0.2, 0.25) is 0 Å². The molecule has 1 heterocycles. The Balaban J connectivity index is 1.78. The minimum Gasteiger partial charge on any atom is -0.340 e. The number of halogens is 2. The average Bonchev–Trinajstić information content (AvgIpc) is 2.53. The predicted molar refractivity (Wildman–Crippen MR) is 91.2 cm³/mol. The Kier molecular flexibility index (Phi) is 4.39. The number of hydrogen-bond acceptors (Lipinski definition) is 4. The highest BCUT2D eigenvalue weighted by Crippen LogP contribution is 2.24. The molecule has 0 radical (unpaired) electrons. The lowest BCUT2D eigenvalue weighted by molar-refractivity contribution is 0.628. The first-order valence-electron chi connectivity index (χ1n) is 6.98. The summed E-state index contributed by atoms with van der Waals surface area (Å²) in [7, 11) is 0. The lowest BCUT2D eigenvalue weighted by atomic mass is 10.2. The first-order chi connectivity index (χ1) is 11.1. The van der Waals surface area contributed by atoms with Crippen LogP contribution >= 0.6 is 11.6 Å². The first-order valence-corrected chi connectivity index (χ1v) is 7.36. The van der Waals surface area contributed by atoms with Gasteiger partial charge in [0, 0.05) is 22.5 Å². The summed E-state index contributed by atoms with van der Waals surface area (Å²) in [4.78, 5) is 8.36. The van der Waals surface area contributed by atoms with E-state index in [0.717, 1.165) is 16.9 Å². The summed E-state index contributed by atoms with van der Waals surface area (Å²) in [5, 5.41) is 7.02. The van der Waals surface area contributed by atoms with Crippen molar-refractivity contribution < 1.29 is 4.39 Å². The van der Waals surface area contributed by atoms with Gasteiger partial charge in [0.1, 0.15) is 23.8 Å². The number of aromatic nitrogens is 2. The smallest absolute Gasteiger partial charge is 0.135 e. The summed E-state index contributed by atoms with van der Waals surface area (Å²) >= 11 is 5.96. The van der Waals surface area contributed by atoms with Crippen LogP contribution in [-0.4, -0.2) is 9.97 Å². The van der Waals surface area contributed by atoms with Crippen LogP contribution in [0, 0.1) is 12.7 Å². The number of anilines is 4. The second kappa shape index (κ2) is 6.62. The number of aryl methyl sites for hydroxylation is 1. The summed E-state index contributed by atoms with van der Waals surface area (Å²) in [5.74, 6) is 0.981. The van der Waals surface area contributed by atoms with E-state index in [1.165, 1.54) is 18.5 Å². The third-order valence-electron chi connectivity index (χ3n) is 3.23. The quantitative estimate of drug-likeness (QED) is 0.702. The van der Waals surface area contributed by atoms with E-state index in [1.54, 1.807) is 18.2 Å². The molecule has 0 unspecified atom stereocenters. The molecule has 0 spiro atoms. The molecule has 0 bridgehead atoms. The van der Waals surface area contributed by atoms with Gasteiger partial charge in [0.15, 0.2) is 0 Å². The summed E-state index contributed by atoms with van der Waals surface area (Å²) in [5.41, 5.74) is 2.68. The minimum atomic E-state index is -0.279. The Labute approximate surface area is 138 Å². The zero-order valence-electron chi connectivity index (χ0n) is 12.3.